The third kappa shape index (κ3) is 1.34. The van der Waals surface area contributed by atoms with E-state index >= 15 is 0 Å². The summed E-state index contributed by atoms with van der Waals surface area (Å²) in [5.74, 6) is 0.590. The zero-order valence-corrected chi connectivity index (χ0v) is 8.44. The highest BCUT2D eigenvalue weighted by atomic mass is 16.3. The first kappa shape index (κ1) is 8.97. The van der Waals surface area contributed by atoms with Crippen molar-refractivity contribution in [2.75, 3.05) is 0 Å². The molecular weight excluding hydrogens is 202 g/mol. The van der Waals surface area contributed by atoms with Crippen molar-refractivity contribution < 1.29 is 4.42 Å². The average molecular weight is 211 g/mol. The Kier molecular flexibility index (Phi) is 1.90. The smallest absolute Gasteiger partial charge is 0.259 e. The predicted octanol–water partition coefficient (Wildman–Crippen LogP) is 2.79. The number of hydrogen-bond donors (Lipinski definition) is 1. The topological polar surface area (TPSA) is 46.0 Å². The van der Waals surface area contributed by atoms with Crippen molar-refractivity contribution in [3.63, 3.8) is 0 Å². The van der Waals surface area contributed by atoms with Gasteiger partial charge in [-0.1, -0.05) is 18.2 Å². The molecule has 0 aliphatic carbocycles. The van der Waals surface area contributed by atoms with Crippen LogP contribution in [-0.2, 0) is 0 Å². The number of benzene rings is 1. The van der Waals surface area contributed by atoms with E-state index in [2.05, 4.69) is 4.98 Å². The van der Waals surface area contributed by atoms with E-state index in [1.165, 1.54) is 0 Å². The molecule has 0 saturated heterocycles. The molecule has 3 nitrogen and oxygen atoms in total. The Balaban J connectivity index is 2.34. The fraction of sp³-hybridized carbons (Fsp3) is 0. The summed E-state index contributed by atoms with van der Waals surface area (Å²) >= 11 is 0. The van der Waals surface area contributed by atoms with Crippen LogP contribution in [0.4, 0.5) is 0 Å². The second kappa shape index (κ2) is 3.38. The second-order valence-electron chi connectivity index (χ2n) is 3.58. The van der Waals surface area contributed by atoms with Gasteiger partial charge in [0.2, 0.25) is 0 Å². The Morgan fingerprint density at radius 3 is 2.75 bits per heavy atom. The van der Waals surface area contributed by atoms with Crippen molar-refractivity contribution in [2.24, 2.45) is 0 Å². The number of aromatic amines is 1. The van der Waals surface area contributed by atoms with Crippen LogP contribution in [0.2, 0.25) is 0 Å². The summed E-state index contributed by atoms with van der Waals surface area (Å²) in [7, 11) is 0. The molecule has 1 aromatic carbocycles. The first-order valence-corrected chi connectivity index (χ1v) is 5.00. The van der Waals surface area contributed by atoms with Gasteiger partial charge in [-0.05, 0) is 29.7 Å². The van der Waals surface area contributed by atoms with Gasteiger partial charge < -0.3 is 9.40 Å². The summed E-state index contributed by atoms with van der Waals surface area (Å²) in [5.41, 5.74) is 1.26. The maximum Gasteiger partial charge on any atom is 0.259 e. The Hall–Kier alpha value is -2.29. The van der Waals surface area contributed by atoms with Crippen LogP contribution in [0.5, 0.6) is 0 Å². The molecule has 3 rings (SSSR count). The predicted molar refractivity (Wildman–Crippen MR) is 62.3 cm³/mol. The third-order valence-corrected chi connectivity index (χ3v) is 2.54. The monoisotopic (exact) mass is 211 g/mol. The Morgan fingerprint density at radius 1 is 1.06 bits per heavy atom. The van der Waals surface area contributed by atoms with Gasteiger partial charge in [0.25, 0.3) is 5.56 Å². The molecule has 2 aromatic heterocycles. The normalized spacial score (nSPS) is 10.8. The van der Waals surface area contributed by atoms with E-state index in [-0.39, 0.29) is 5.56 Å². The largest absolute Gasteiger partial charge is 0.464 e. The molecule has 78 valence electrons. The van der Waals surface area contributed by atoms with Crippen molar-refractivity contribution >= 4 is 10.9 Å². The number of fused-ring (bicyclic) bond motifs is 1. The number of H-pyrrole nitrogens is 1. The van der Waals surface area contributed by atoms with Crippen LogP contribution in [0.25, 0.3) is 22.2 Å². The highest BCUT2D eigenvalue weighted by Crippen LogP contribution is 2.19. The SMILES string of the molecule is O=c1[nH]c2ccccc2cc1-c1ccco1. The van der Waals surface area contributed by atoms with E-state index in [0.717, 1.165) is 10.9 Å². The zero-order valence-electron chi connectivity index (χ0n) is 8.44. The summed E-state index contributed by atoms with van der Waals surface area (Å²) in [6.45, 7) is 0. The Labute approximate surface area is 91.3 Å². The molecule has 0 aliphatic rings. The number of nitrogens with one attached hydrogen (secondary N) is 1. The summed E-state index contributed by atoms with van der Waals surface area (Å²) in [6, 6.07) is 13.0. The van der Waals surface area contributed by atoms with Gasteiger partial charge in [0.15, 0.2) is 0 Å². The third-order valence-electron chi connectivity index (χ3n) is 2.54. The van der Waals surface area contributed by atoms with Gasteiger partial charge in [-0.2, -0.15) is 0 Å². The minimum atomic E-state index is -0.131. The summed E-state index contributed by atoms with van der Waals surface area (Å²) in [4.78, 5) is 14.6. The lowest BCUT2D eigenvalue weighted by atomic mass is 10.1. The number of hydrogen-bond acceptors (Lipinski definition) is 2. The van der Waals surface area contributed by atoms with Crippen molar-refractivity contribution in [1.82, 2.24) is 4.98 Å². The van der Waals surface area contributed by atoms with Crippen LogP contribution < -0.4 is 5.56 Å². The van der Waals surface area contributed by atoms with Gasteiger partial charge in [-0.15, -0.1) is 0 Å². The van der Waals surface area contributed by atoms with Gasteiger partial charge in [-0.3, -0.25) is 4.79 Å². The highest BCUT2D eigenvalue weighted by Gasteiger charge is 2.06. The van der Waals surface area contributed by atoms with Crippen LogP contribution in [0.15, 0.2) is 57.9 Å². The summed E-state index contributed by atoms with van der Waals surface area (Å²) in [5, 5.41) is 0.994. The minimum absolute atomic E-state index is 0.131. The van der Waals surface area contributed by atoms with E-state index in [1.807, 2.05) is 30.3 Å². The Bertz CT molecular complexity index is 680. The molecule has 0 atom stereocenters. The number of rotatable bonds is 1. The zero-order chi connectivity index (χ0) is 11.0. The van der Waals surface area contributed by atoms with Gasteiger partial charge in [0.05, 0.1) is 11.8 Å². The number of pyridine rings is 1. The number of furan rings is 1. The Morgan fingerprint density at radius 2 is 1.94 bits per heavy atom. The molecular formula is C13H9NO2. The quantitative estimate of drug-likeness (QED) is 0.672. The molecule has 0 bridgehead atoms. The van der Waals surface area contributed by atoms with E-state index in [4.69, 9.17) is 4.42 Å². The average Bonchev–Trinajstić information content (AvgIpc) is 2.81. The molecule has 16 heavy (non-hydrogen) atoms. The van der Waals surface area contributed by atoms with Crippen LogP contribution in [0, 0.1) is 0 Å². The van der Waals surface area contributed by atoms with Crippen LogP contribution >= 0.6 is 0 Å². The van der Waals surface area contributed by atoms with Gasteiger partial charge >= 0.3 is 0 Å². The van der Waals surface area contributed by atoms with E-state index in [9.17, 15) is 4.79 Å². The lowest BCUT2D eigenvalue weighted by Gasteiger charge is -2.00. The first-order chi connectivity index (χ1) is 7.84. The van der Waals surface area contributed by atoms with Crippen LogP contribution in [-0.4, -0.2) is 4.98 Å². The molecule has 0 amide bonds. The highest BCUT2D eigenvalue weighted by molar-refractivity contribution is 5.82. The minimum Gasteiger partial charge on any atom is -0.464 e. The maximum absolute atomic E-state index is 11.8. The summed E-state index contributed by atoms with van der Waals surface area (Å²) < 4.78 is 5.23. The fourth-order valence-electron chi connectivity index (χ4n) is 1.76. The molecule has 0 spiro atoms. The van der Waals surface area contributed by atoms with E-state index in [0.29, 0.717) is 11.3 Å². The molecule has 3 heteroatoms. The van der Waals surface area contributed by atoms with Crippen molar-refractivity contribution in [3.05, 3.63) is 59.1 Å². The maximum atomic E-state index is 11.8. The molecule has 2 heterocycles. The van der Waals surface area contributed by atoms with E-state index < -0.39 is 0 Å². The van der Waals surface area contributed by atoms with Crippen molar-refractivity contribution in [3.8, 4) is 11.3 Å². The molecule has 0 aliphatic heterocycles. The fourth-order valence-corrected chi connectivity index (χ4v) is 1.76. The molecule has 0 unspecified atom stereocenters. The molecule has 3 aromatic rings. The van der Waals surface area contributed by atoms with Gasteiger partial charge in [0.1, 0.15) is 5.76 Å². The van der Waals surface area contributed by atoms with Crippen molar-refractivity contribution in [2.45, 2.75) is 0 Å². The van der Waals surface area contributed by atoms with Gasteiger partial charge in [0, 0.05) is 5.52 Å². The lowest BCUT2D eigenvalue weighted by molar-refractivity contribution is 0.581. The standard InChI is InChI=1S/C13H9NO2/c15-13-10(12-6-3-7-16-12)8-9-4-1-2-5-11(9)14-13/h1-8H,(H,14,15). The van der Waals surface area contributed by atoms with Crippen LogP contribution in [0.3, 0.4) is 0 Å². The number of para-hydroxylation sites is 1. The van der Waals surface area contributed by atoms with Crippen molar-refractivity contribution in [1.29, 1.82) is 0 Å². The second-order valence-corrected chi connectivity index (χ2v) is 3.58. The molecule has 0 radical (unpaired) electrons. The number of aromatic nitrogens is 1. The lowest BCUT2D eigenvalue weighted by Crippen LogP contribution is -2.07. The van der Waals surface area contributed by atoms with E-state index in [1.54, 1.807) is 18.4 Å². The summed E-state index contributed by atoms with van der Waals surface area (Å²) in [6.07, 6.45) is 1.56. The molecule has 0 saturated carbocycles. The molecule has 1 N–H and O–H groups in total. The molecule has 0 fully saturated rings. The van der Waals surface area contributed by atoms with Crippen LogP contribution in [0.1, 0.15) is 0 Å². The van der Waals surface area contributed by atoms with Gasteiger partial charge in [-0.25, -0.2) is 0 Å². The first-order valence-electron chi connectivity index (χ1n) is 5.00.